The van der Waals surface area contributed by atoms with E-state index >= 15 is 0 Å². The molecule has 0 fully saturated rings. The molecule has 0 unspecified atom stereocenters. The van der Waals surface area contributed by atoms with Crippen LogP contribution in [0.15, 0.2) is 182 Å². The quantitative estimate of drug-likeness (QED) is 0.191. The molecule has 6 aromatic carbocycles. The monoisotopic (exact) mass is 714 g/mol. The van der Waals surface area contributed by atoms with E-state index in [2.05, 4.69) is 204 Å². The van der Waals surface area contributed by atoms with Crippen molar-refractivity contribution in [2.45, 2.75) is 0 Å². The highest BCUT2D eigenvalue weighted by Gasteiger charge is 2.26. The fourth-order valence-electron chi connectivity index (χ4n) is 8.40. The lowest BCUT2D eigenvalue weighted by Gasteiger charge is -2.09. The summed E-state index contributed by atoms with van der Waals surface area (Å²) in [6.45, 7) is 0. The Balaban J connectivity index is 1.39. The molecule has 0 spiro atoms. The highest BCUT2D eigenvalue weighted by Crippen LogP contribution is 2.48. The molecule has 11 rings (SSSR count). The summed E-state index contributed by atoms with van der Waals surface area (Å²) in [5.74, 6) is 0. The Morgan fingerprint density at radius 3 is 1.00 bits per heavy atom. The minimum atomic E-state index is 0.898. The Bertz CT molecular complexity index is 2950. The van der Waals surface area contributed by atoms with Crippen molar-refractivity contribution >= 4 is 45.0 Å². The summed E-state index contributed by atoms with van der Waals surface area (Å²) < 4.78 is 0. The van der Waals surface area contributed by atoms with Crippen LogP contribution in [0.4, 0.5) is 0 Å². The normalized spacial score (nSPS) is 11.9. The lowest BCUT2D eigenvalue weighted by atomic mass is 9.92. The first-order chi connectivity index (χ1) is 27.8. The van der Waals surface area contributed by atoms with Crippen molar-refractivity contribution in [1.82, 2.24) is 19.9 Å². The average Bonchev–Trinajstić information content (AvgIpc) is 4.09. The van der Waals surface area contributed by atoms with Crippen LogP contribution in [0.1, 0.15) is 11.4 Å². The second-order valence-electron chi connectivity index (χ2n) is 14.3. The number of fused-ring (bicyclic) bond motifs is 12. The van der Waals surface area contributed by atoms with Crippen LogP contribution in [0, 0.1) is 0 Å². The van der Waals surface area contributed by atoms with Gasteiger partial charge in [-0.15, -0.1) is 0 Å². The molecule has 4 nitrogen and oxygen atoms in total. The Kier molecular flexibility index (Phi) is 7.46. The Hall–Kier alpha value is -7.56. The van der Waals surface area contributed by atoms with Gasteiger partial charge in [-0.25, -0.2) is 9.97 Å². The fraction of sp³-hybridized carbons (Fsp3) is 0. The first-order valence-electron chi connectivity index (χ1n) is 19.0. The van der Waals surface area contributed by atoms with E-state index in [1.54, 1.807) is 0 Å². The summed E-state index contributed by atoms with van der Waals surface area (Å²) in [7, 11) is 0. The molecule has 8 bridgehead atoms. The van der Waals surface area contributed by atoms with Gasteiger partial charge in [0.25, 0.3) is 0 Å². The minimum absolute atomic E-state index is 0.898. The van der Waals surface area contributed by atoms with E-state index in [-0.39, 0.29) is 0 Å². The number of rotatable bonds is 4. The average molecular weight is 715 g/mol. The van der Waals surface area contributed by atoms with E-state index in [9.17, 15) is 0 Å². The van der Waals surface area contributed by atoms with Crippen LogP contribution in [-0.4, -0.2) is 19.9 Å². The first-order valence-corrected chi connectivity index (χ1v) is 19.0. The van der Waals surface area contributed by atoms with Gasteiger partial charge in [0, 0.05) is 55.4 Å². The number of benzene rings is 6. The van der Waals surface area contributed by atoms with Crippen molar-refractivity contribution in [2.24, 2.45) is 0 Å². The van der Waals surface area contributed by atoms with Crippen molar-refractivity contribution < 1.29 is 0 Å². The summed E-state index contributed by atoms with van der Waals surface area (Å²) in [4.78, 5) is 19.0. The molecular formula is C52H34N4. The molecular weight excluding hydrogens is 681 g/mol. The smallest absolute Gasteiger partial charge is 0.0816 e. The maximum atomic E-state index is 5.75. The van der Waals surface area contributed by atoms with Gasteiger partial charge >= 0.3 is 0 Å². The molecule has 3 aromatic heterocycles. The summed E-state index contributed by atoms with van der Waals surface area (Å²) in [6, 6.07) is 64.4. The largest absolute Gasteiger partial charge is 0.354 e. The number of nitrogens with zero attached hydrogens (tertiary/aromatic N) is 2. The van der Waals surface area contributed by atoms with Crippen molar-refractivity contribution in [1.29, 1.82) is 0 Å². The van der Waals surface area contributed by atoms with Crippen LogP contribution >= 0.6 is 0 Å². The zero-order chi connectivity index (χ0) is 37.0. The predicted molar refractivity (Wildman–Crippen MR) is 234 cm³/mol. The van der Waals surface area contributed by atoms with Gasteiger partial charge in [-0.05, 0) is 81.6 Å². The number of aromatic nitrogens is 4. The molecule has 0 saturated carbocycles. The van der Waals surface area contributed by atoms with Crippen molar-refractivity contribution in [3.8, 4) is 67.0 Å². The summed E-state index contributed by atoms with van der Waals surface area (Å²) in [5, 5.41) is 2.35. The second kappa shape index (κ2) is 13.1. The highest BCUT2D eigenvalue weighted by molar-refractivity contribution is 6.08. The highest BCUT2D eigenvalue weighted by atomic mass is 14.8. The predicted octanol–water partition coefficient (Wildman–Crippen LogP) is 13.6. The molecule has 4 heteroatoms. The number of hydrogen-bond donors (Lipinski definition) is 2. The van der Waals surface area contributed by atoms with Gasteiger partial charge in [0.1, 0.15) is 0 Å². The standard InChI is InChI=1S/C52H34N4/c1-5-15-33(16-6-1)47-41-25-26-42(53-41)48(34-17-7-2-8-18-34)44-28-30-46(55-44)50(36-21-11-4-12-22-36)52-40-32-38-24-14-13-23-37(38)31-39(40)51(56-52)49(35-19-9-3-10-20-35)45-29-27-43(47)54-45/h1-32,54-55H. The van der Waals surface area contributed by atoms with E-state index < -0.39 is 0 Å². The summed E-state index contributed by atoms with van der Waals surface area (Å²) in [6.07, 6.45) is 4.30. The molecule has 0 radical (unpaired) electrons. The third-order valence-electron chi connectivity index (χ3n) is 10.9. The summed E-state index contributed by atoms with van der Waals surface area (Å²) >= 11 is 0. The number of hydrogen-bond acceptors (Lipinski definition) is 2. The second-order valence-corrected chi connectivity index (χ2v) is 14.3. The van der Waals surface area contributed by atoms with E-state index in [4.69, 9.17) is 9.97 Å². The van der Waals surface area contributed by atoms with Gasteiger partial charge < -0.3 is 9.97 Å². The number of aromatic amines is 2. The fourth-order valence-corrected chi connectivity index (χ4v) is 8.40. The Morgan fingerprint density at radius 2 is 0.625 bits per heavy atom. The van der Waals surface area contributed by atoms with Gasteiger partial charge in [0.15, 0.2) is 0 Å². The lowest BCUT2D eigenvalue weighted by Crippen LogP contribution is -1.88. The van der Waals surface area contributed by atoms with Crippen LogP contribution in [0.25, 0.3) is 112 Å². The van der Waals surface area contributed by atoms with E-state index in [0.29, 0.717) is 0 Å². The Morgan fingerprint density at radius 1 is 0.304 bits per heavy atom. The van der Waals surface area contributed by atoms with E-state index in [0.717, 1.165) is 100 Å². The zero-order valence-electron chi connectivity index (χ0n) is 30.4. The molecule has 9 aromatic rings. The molecule has 2 aliphatic heterocycles. The van der Waals surface area contributed by atoms with E-state index in [1.165, 1.54) is 10.8 Å². The van der Waals surface area contributed by atoms with Crippen molar-refractivity contribution in [3.05, 3.63) is 193 Å². The van der Waals surface area contributed by atoms with Gasteiger partial charge in [0.05, 0.1) is 22.8 Å². The molecule has 5 heterocycles. The Labute approximate surface area is 324 Å². The van der Waals surface area contributed by atoms with Gasteiger partial charge in [-0.1, -0.05) is 146 Å². The third kappa shape index (κ3) is 5.31. The van der Waals surface area contributed by atoms with Crippen LogP contribution < -0.4 is 0 Å². The van der Waals surface area contributed by atoms with Crippen molar-refractivity contribution in [2.75, 3.05) is 0 Å². The number of nitrogens with one attached hydrogen (secondary N) is 2. The zero-order valence-corrected chi connectivity index (χ0v) is 30.4. The molecule has 0 atom stereocenters. The third-order valence-corrected chi connectivity index (χ3v) is 10.9. The molecule has 0 aliphatic carbocycles. The van der Waals surface area contributed by atoms with Crippen molar-refractivity contribution in [3.63, 3.8) is 0 Å². The topological polar surface area (TPSA) is 57.4 Å². The summed E-state index contributed by atoms with van der Waals surface area (Å²) in [5.41, 5.74) is 18.3. The van der Waals surface area contributed by atoms with Gasteiger partial charge in [0.2, 0.25) is 0 Å². The molecule has 2 N–H and O–H groups in total. The SMILES string of the molecule is C1=Cc2nc1c(-c1ccccc1)c1ccc([nH]1)c(-c1ccccc1)c1nc(c(-c3ccccc3)c3ccc([nH]3)c2-c2ccccc2)-c2cc3ccccc3cc2-1. The molecule has 56 heavy (non-hydrogen) atoms. The lowest BCUT2D eigenvalue weighted by molar-refractivity contribution is 1.32. The van der Waals surface area contributed by atoms with Gasteiger partial charge in [-0.2, -0.15) is 0 Å². The van der Waals surface area contributed by atoms with Crippen LogP contribution in [0.2, 0.25) is 0 Å². The van der Waals surface area contributed by atoms with Crippen LogP contribution in [0.3, 0.4) is 0 Å². The van der Waals surface area contributed by atoms with E-state index in [1.807, 2.05) is 0 Å². The molecule has 0 amide bonds. The van der Waals surface area contributed by atoms with Crippen LogP contribution in [-0.2, 0) is 0 Å². The molecule has 0 saturated heterocycles. The maximum Gasteiger partial charge on any atom is 0.0816 e. The maximum absolute atomic E-state index is 5.75. The molecule has 262 valence electrons. The van der Waals surface area contributed by atoms with Gasteiger partial charge in [-0.3, -0.25) is 0 Å². The minimum Gasteiger partial charge on any atom is -0.354 e. The molecule has 2 aliphatic rings. The number of H-pyrrole nitrogens is 2. The van der Waals surface area contributed by atoms with Crippen LogP contribution in [0.5, 0.6) is 0 Å². The first kappa shape index (κ1) is 31.9.